The highest BCUT2D eigenvalue weighted by atomic mass is 16.1. The lowest BCUT2D eigenvalue weighted by Crippen LogP contribution is -2.13. The Bertz CT molecular complexity index is 554. The third-order valence-corrected chi connectivity index (χ3v) is 2.44. The molecule has 2 rings (SSSR count). The lowest BCUT2D eigenvalue weighted by atomic mass is 10.2. The second-order valence-corrected chi connectivity index (χ2v) is 3.82. The number of hydrogen-bond donors (Lipinski definition) is 2. The van der Waals surface area contributed by atoms with Crippen LogP contribution in [0.2, 0.25) is 0 Å². The van der Waals surface area contributed by atoms with Gasteiger partial charge < -0.3 is 11.1 Å². The highest BCUT2D eigenvalue weighted by molar-refractivity contribution is 6.04. The van der Waals surface area contributed by atoms with Gasteiger partial charge in [0.05, 0.1) is 11.9 Å². The number of hydrogen-bond acceptors (Lipinski definition) is 4. The van der Waals surface area contributed by atoms with Crippen LogP contribution in [0.5, 0.6) is 0 Å². The zero-order chi connectivity index (χ0) is 13.0. The summed E-state index contributed by atoms with van der Waals surface area (Å²) < 4.78 is 0. The van der Waals surface area contributed by atoms with Crippen molar-refractivity contribution >= 4 is 17.4 Å². The predicted octanol–water partition coefficient (Wildman–Crippen LogP) is 1.87. The van der Waals surface area contributed by atoms with Crippen LogP contribution >= 0.6 is 0 Å². The molecule has 0 aromatic carbocycles. The molecule has 1 amide bonds. The number of amides is 1. The maximum Gasteiger partial charge on any atom is 0.255 e. The quantitative estimate of drug-likeness (QED) is 0.861. The van der Waals surface area contributed by atoms with E-state index in [2.05, 4.69) is 15.3 Å². The average molecular weight is 242 g/mol. The van der Waals surface area contributed by atoms with Crippen molar-refractivity contribution in [2.45, 2.75) is 13.3 Å². The number of nitrogens with two attached hydrogens (primary N) is 1. The number of nitrogens with zero attached hydrogens (tertiary/aromatic N) is 2. The van der Waals surface area contributed by atoms with Gasteiger partial charge in [-0.05, 0) is 30.7 Å². The van der Waals surface area contributed by atoms with Crippen LogP contribution in [-0.2, 0) is 6.42 Å². The highest BCUT2D eigenvalue weighted by Gasteiger charge is 2.08. The van der Waals surface area contributed by atoms with Gasteiger partial charge in [0.15, 0.2) is 0 Å². The van der Waals surface area contributed by atoms with E-state index in [1.54, 1.807) is 36.7 Å². The molecule has 0 aliphatic heterocycles. The first-order valence-corrected chi connectivity index (χ1v) is 5.67. The molecule has 0 unspecified atom stereocenters. The van der Waals surface area contributed by atoms with Crippen LogP contribution in [0.1, 0.15) is 23.0 Å². The molecule has 2 aromatic heterocycles. The minimum absolute atomic E-state index is 0.216. The van der Waals surface area contributed by atoms with E-state index in [-0.39, 0.29) is 5.91 Å². The second-order valence-electron chi connectivity index (χ2n) is 3.82. The van der Waals surface area contributed by atoms with Crippen molar-refractivity contribution in [1.82, 2.24) is 9.97 Å². The summed E-state index contributed by atoms with van der Waals surface area (Å²) in [5.74, 6) is 0.137. The Balaban J connectivity index is 2.21. The van der Waals surface area contributed by atoms with E-state index in [1.165, 1.54) is 0 Å². The maximum atomic E-state index is 12.0. The van der Waals surface area contributed by atoms with Crippen molar-refractivity contribution in [2.75, 3.05) is 11.1 Å². The first-order valence-electron chi connectivity index (χ1n) is 5.67. The minimum Gasteiger partial charge on any atom is -0.384 e. The van der Waals surface area contributed by atoms with Crippen molar-refractivity contribution < 1.29 is 4.79 Å². The van der Waals surface area contributed by atoms with Crippen LogP contribution in [0, 0.1) is 0 Å². The molecule has 0 spiro atoms. The number of nitrogen functional groups attached to an aromatic ring is 1. The van der Waals surface area contributed by atoms with Gasteiger partial charge in [0.2, 0.25) is 0 Å². The number of carbonyl (C=O) groups excluding carboxylic acids is 1. The molecule has 18 heavy (non-hydrogen) atoms. The van der Waals surface area contributed by atoms with Gasteiger partial charge in [-0.2, -0.15) is 0 Å². The fourth-order valence-electron chi connectivity index (χ4n) is 1.56. The van der Waals surface area contributed by atoms with Crippen LogP contribution < -0.4 is 11.1 Å². The van der Waals surface area contributed by atoms with Crippen LogP contribution in [0.3, 0.4) is 0 Å². The SMILES string of the molecule is CCc1cc(C(=O)Nc2cccnc2)cc(N)n1. The Hall–Kier alpha value is -2.43. The lowest BCUT2D eigenvalue weighted by Gasteiger charge is -2.06. The molecular formula is C13H14N4O. The van der Waals surface area contributed by atoms with E-state index in [1.807, 2.05) is 6.92 Å². The molecule has 2 aromatic rings. The number of aryl methyl sites for hydroxylation is 1. The first kappa shape index (κ1) is 12.0. The van der Waals surface area contributed by atoms with E-state index in [9.17, 15) is 4.79 Å². The van der Waals surface area contributed by atoms with Gasteiger partial charge in [0.1, 0.15) is 5.82 Å². The van der Waals surface area contributed by atoms with Gasteiger partial charge in [-0.3, -0.25) is 9.78 Å². The number of rotatable bonds is 3. The van der Waals surface area contributed by atoms with Gasteiger partial charge in [-0.1, -0.05) is 6.92 Å². The van der Waals surface area contributed by atoms with E-state index < -0.39 is 0 Å². The number of aromatic nitrogens is 2. The van der Waals surface area contributed by atoms with Crippen LogP contribution in [0.15, 0.2) is 36.7 Å². The molecule has 0 fully saturated rings. The number of pyridine rings is 2. The Morgan fingerprint density at radius 1 is 1.44 bits per heavy atom. The Morgan fingerprint density at radius 2 is 2.28 bits per heavy atom. The van der Waals surface area contributed by atoms with Gasteiger partial charge >= 0.3 is 0 Å². The third-order valence-electron chi connectivity index (χ3n) is 2.44. The van der Waals surface area contributed by atoms with Gasteiger partial charge in [0.25, 0.3) is 5.91 Å². The number of nitrogens with one attached hydrogen (secondary N) is 1. The summed E-state index contributed by atoms with van der Waals surface area (Å²) in [6, 6.07) is 6.83. The fourth-order valence-corrected chi connectivity index (χ4v) is 1.56. The number of anilines is 2. The number of carbonyl (C=O) groups is 1. The minimum atomic E-state index is -0.216. The van der Waals surface area contributed by atoms with E-state index in [0.29, 0.717) is 17.1 Å². The van der Waals surface area contributed by atoms with E-state index in [4.69, 9.17) is 5.73 Å². The maximum absolute atomic E-state index is 12.0. The summed E-state index contributed by atoms with van der Waals surface area (Å²) in [6.07, 6.45) is 3.97. The zero-order valence-electron chi connectivity index (χ0n) is 10.1. The van der Waals surface area contributed by atoms with E-state index >= 15 is 0 Å². The largest absolute Gasteiger partial charge is 0.384 e. The van der Waals surface area contributed by atoms with E-state index in [0.717, 1.165) is 12.1 Å². The normalized spacial score (nSPS) is 10.1. The fraction of sp³-hybridized carbons (Fsp3) is 0.154. The molecule has 0 radical (unpaired) electrons. The molecular weight excluding hydrogens is 228 g/mol. The standard InChI is InChI=1S/C13H14N4O/c1-2-10-6-9(7-12(14)16-10)13(18)17-11-4-3-5-15-8-11/h3-8H,2H2,1H3,(H2,14,16)(H,17,18). The Kier molecular flexibility index (Phi) is 3.52. The van der Waals surface area contributed by atoms with Crippen molar-refractivity contribution in [1.29, 1.82) is 0 Å². The molecule has 0 saturated carbocycles. The summed E-state index contributed by atoms with van der Waals surface area (Å²) in [7, 11) is 0. The average Bonchev–Trinajstić information content (AvgIpc) is 2.39. The van der Waals surface area contributed by atoms with Gasteiger partial charge in [-0.15, -0.1) is 0 Å². The van der Waals surface area contributed by atoms with Gasteiger partial charge in [-0.25, -0.2) is 4.98 Å². The molecule has 0 aliphatic rings. The topological polar surface area (TPSA) is 80.9 Å². The van der Waals surface area contributed by atoms with Crippen molar-refractivity contribution in [3.8, 4) is 0 Å². The summed E-state index contributed by atoms with van der Waals surface area (Å²) in [5.41, 5.74) is 7.61. The van der Waals surface area contributed by atoms with Crippen LogP contribution in [-0.4, -0.2) is 15.9 Å². The van der Waals surface area contributed by atoms with Crippen LogP contribution in [0.4, 0.5) is 11.5 Å². The monoisotopic (exact) mass is 242 g/mol. The van der Waals surface area contributed by atoms with Gasteiger partial charge in [0, 0.05) is 17.5 Å². The summed E-state index contributed by atoms with van der Waals surface area (Å²) in [4.78, 5) is 20.1. The highest BCUT2D eigenvalue weighted by Crippen LogP contribution is 2.11. The Morgan fingerprint density at radius 3 is 2.94 bits per heavy atom. The van der Waals surface area contributed by atoms with Crippen molar-refractivity contribution in [3.05, 3.63) is 47.9 Å². The van der Waals surface area contributed by atoms with Crippen molar-refractivity contribution in [2.24, 2.45) is 0 Å². The zero-order valence-corrected chi connectivity index (χ0v) is 10.1. The molecule has 0 atom stereocenters. The third kappa shape index (κ3) is 2.82. The van der Waals surface area contributed by atoms with Crippen molar-refractivity contribution in [3.63, 3.8) is 0 Å². The smallest absolute Gasteiger partial charge is 0.255 e. The molecule has 3 N–H and O–H groups in total. The Labute approximate surface area is 105 Å². The lowest BCUT2D eigenvalue weighted by molar-refractivity contribution is 0.102. The second kappa shape index (κ2) is 5.27. The summed E-state index contributed by atoms with van der Waals surface area (Å²) >= 11 is 0. The molecule has 92 valence electrons. The predicted molar refractivity (Wildman–Crippen MR) is 70.2 cm³/mol. The molecule has 5 heteroatoms. The molecule has 0 saturated heterocycles. The molecule has 0 aliphatic carbocycles. The summed E-state index contributed by atoms with van der Waals surface area (Å²) in [6.45, 7) is 1.96. The van der Waals surface area contributed by atoms with Crippen LogP contribution in [0.25, 0.3) is 0 Å². The first-order chi connectivity index (χ1) is 8.69. The molecule has 0 bridgehead atoms. The summed E-state index contributed by atoms with van der Waals surface area (Å²) in [5, 5.41) is 2.75. The molecule has 2 heterocycles. The molecule has 5 nitrogen and oxygen atoms in total.